The van der Waals surface area contributed by atoms with Crippen molar-refractivity contribution in [2.24, 2.45) is 0 Å². The Morgan fingerprint density at radius 2 is 2.44 bits per heavy atom. The molecular weight excluding hydrogens is 224 g/mol. The molecule has 16 heavy (non-hydrogen) atoms. The van der Waals surface area contributed by atoms with Crippen LogP contribution in [0.2, 0.25) is 0 Å². The Balaban J connectivity index is 2.09. The summed E-state index contributed by atoms with van der Waals surface area (Å²) in [6.07, 6.45) is 2.10. The van der Waals surface area contributed by atoms with E-state index in [4.69, 9.17) is 10.2 Å². The van der Waals surface area contributed by atoms with E-state index in [0.717, 1.165) is 12.8 Å². The maximum atomic E-state index is 5.37. The van der Waals surface area contributed by atoms with E-state index in [1.165, 1.54) is 4.88 Å². The third-order valence-electron chi connectivity index (χ3n) is 2.20. The van der Waals surface area contributed by atoms with Crippen LogP contribution in [0, 0.1) is 0 Å². The lowest BCUT2D eigenvalue weighted by Gasteiger charge is -2.14. The van der Waals surface area contributed by atoms with Crippen molar-refractivity contribution in [3.63, 3.8) is 0 Å². The van der Waals surface area contributed by atoms with Gasteiger partial charge in [0.25, 0.3) is 0 Å². The third-order valence-corrected chi connectivity index (χ3v) is 3.19. The van der Waals surface area contributed by atoms with Crippen molar-refractivity contribution in [2.75, 3.05) is 11.1 Å². The van der Waals surface area contributed by atoms with E-state index in [0.29, 0.717) is 6.01 Å². The Hall–Kier alpha value is -1.56. The summed E-state index contributed by atoms with van der Waals surface area (Å²) in [4.78, 5) is 1.26. The number of hydrogen-bond acceptors (Lipinski definition) is 6. The van der Waals surface area contributed by atoms with Gasteiger partial charge in [-0.1, -0.05) is 29.6 Å². The average molecular weight is 238 g/mol. The van der Waals surface area contributed by atoms with Gasteiger partial charge in [-0.2, -0.15) is 0 Å². The zero-order valence-electron chi connectivity index (χ0n) is 9.01. The predicted octanol–water partition coefficient (Wildman–Crippen LogP) is 2.67. The second-order valence-corrected chi connectivity index (χ2v) is 4.43. The van der Waals surface area contributed by atoms with Crippen LogP contribution in [0.25, 0.3) is 0 Å². The van der Waals surface area contributed by atoms with E-state index < -0.39 is 0 Å². The zero-order valence-corrected chi connectivity index (χ0v) is 9.83. The van der Waals surface area contributed by atoms with Crippen molar-refractivity contribution in [3.05, 3.63) is 22.4 Å². The summed E-state index contributed by atoms with van der Waals surface area (Å²) in [5.41, 5.74) is 5.37. The predicted molar refractivity (Wildman–Crippen MR) is 64.3 cm³/mol. The molecule has 6 heteroatoms. The summed E-state index contributed by atoms with van der Waals surface area (Å²) in [7, 11) is 0. The van der Waals surface area contributed by atoms with Crippen molar-refractivity contribution in [2.45, 2.75) is 25.8 Å². The number of nitrogens with two attached hydrogens (primary N) is 1. The highest BCUT2D eigenvalue weighted by molar-refractivity contribution is 7.10. The number of hydrogen-bond donors (Lipinski definition) is 2. The molecule has 0 bridgehead atoms. The zero-order chi connectivity index (χ0) is 11.4. The van der Waals surface area contributed by atoms with Crippen molar-refractivity contribution < 1.29 is 4.42 Å². The highest BCUT2D eigenvalue weighted by Gasteiger charge is 2.14. The normalized spacial score (nSPS) is 12.6. The number of rotatable bonds is 5. The SMILES string of the molecule is CCCC(Nc1nnc(N)o1)c1cccs1. The van der Waals surface area contributed by atoms with E-state index in [2.05, 4.69) is 33.9 Å². The van der Waals surface area contributed by atoms with E-state index in [9.17, 15) is 0 Å². The molecule has 0 spiro atoms. The van der Waals surface area contributed by atoms with Gasteiger partial charge >= 0.3 is 12.0 Å². The molecule has 1 atom stereocenters. The summed E-state index contributed by atoms with van der Waals surface area (Å²) in [6.45, 7) is 2.14. The minimum atomic E-state index is 0.0870. The molecule has 0 aliphatic rings. The molecule has 0 aliphatic carbocycles. The maximum Gasteiger partial charge on any atom is 0.317 e. The second kappa shape index (κ2) is 4.98. The monoisotopic (exact) mass is 238 g/mol. The molecule has 0 aromatic carbocycles. The smallest absolute Gasteiger partial charge is 0.317 e. The van der Waals surface area contributed by atoms with Gasteiger partial charge in [0, 0.05) is 4.88 Å². The Morgan fingerprint density at radius 1 is 1.56 bits per heavy atom. The first-order valence-electron chi connectivity index (χ1n) is 5.18. The van der Waals surface area contributed by atoms with Gasteiger partial charge in [0.05, 0.1) is 6.04 Å². The number of nitrogen functional groups attached to an aromatic ring is 1. The molecule has 2 aromatic heterocycles. The van der Waals surface area contributed by atoms with Crippen LogP contribution in [0.5, 0.6) is 0 Å². The molecule has 2 aromatic rings. The number of nitrogens with one attached hydrogen (secondary N) is 1. The molecule has 0 saturated heterocycles. The van der Waals surface area contributed by atoms with Gasteiger partial charge < -0.3 is 15.5 Å². The average Bonchev–Trinajstić information content (AvgIpc) is 2.88. The van der Waals surface area contributed by atoms with Crippen LogP contribution >= 0.6 is 11.3 Å². The highest BCUT2D eigenvalue weighted by Crippen LogP contribution is 2.26. The van der Waals surface area contributed by atoms with Crippen molar-refractivity contribution >= 4 is 23.4 Å². The fourth-order valence-corrected chi connectivity index (χ4v) is 2.32. The number of thiophene rings is 1. The molecule has 5 nitrogen and oxygen atoms in total. The number of aromatic nitrogens is 2. The minimum Gasteiger partial charge on any atom is -0.390 e. The Kier molecular flexibility index (Phi) is 3.40. The van der Waals surface area contributed by atoms with Gasteiger partial charge in [0.2, 0.25) is 0 Å². The third kappa shape index (κ3) is 2.52. The van der Waals surface area contributed by atoms with Crippen LogP contribution in [0.3, 0.4) is 0 Å². The lowest BCUT2D eigenvalue weighted by atomic mass is 10.1. The molecule has 86 valence electrons. The van der Waals surface area contributed by atoms with Gasteiger partial charge in [-0.25, -0.2) is 0 Å². The molecule has 3 N–H and O–H groups in total. The molecular formula is C10H14N4OS. The highest BCUT2D eigenvalue weighted by atomic mass is 32.1. The van der Waals surface area contributed by atoms with Gasteiger partial charge in [-0.3, -0.25) is 0 Å². The lowest BCUT2D eigenvalue weighted by molar-refractivity contribution is 0.565. The summed E-state index contributed by atoms with van der Waals surface area (Å²) in [5.74, 6) is 0. The summed E-state index contributed by atoms with van der Waals surface area (Å²) in [6, 6.07) is 4.81. The van der Waals surface area contributed by atoms with Crippen LogP contribution < -0.4 is 11.1 Å². The maximum absolute atomic E-state index is 5.37. The first-order valence-corrected chi connectivity index (χ1v) is 6.06. The van der Waals surface area contributed by atoms with Crippen LogP contribution in [0.4, 0.5) is 12.0 Å². The van der Waals surface area contributed by atoms with Crippen LogP contribution in [-0.4, -0.2) is 10.2 Å². The molecule has 2 heterocycles. The van der Waals surface area contributed by atoms with E-state index >= 15 is 0 Å². The Bertz CT molecular complexity index is 426. The number of nitrogens with zero attached hydrogens (tertiary/aromatic N) is 2. The molecule has 0 aliphatic heterocycles. The standard InChI is InChI=1S/C10H14N4OS/c1-2-4-7(8-5-3-6-16-8)12-10-14-13-9(11)15-10/h3,5-7H,2,4H2,1H3,(H2,11,13)(H,12,14). The Labute approximate surface area is 97.7 Å². The van der Waals surface area contributed by atoms with Crippen LogP contribution in [-0.2, 0) is 0 Å². The molecule has 0 radical (unpaired) electrons. The molecule has 2 rings (SSSR count). The van der Waals surface area contributed by atoms with E-state index in [1.807, 2.05) is 6.07 Å². The molecule has 0 fully saturated rings. The summed E-state index contributed by atoms with van der Waals surface area (Å²) >= 11 is 1.71. The topological polar surface area (TPSA) is 77.0 Å². The largest absolute Gasteiger partial charge is 0.390 e. The quantitative estimate of drug-likeness (QED) is 0.837. The summed E-state index contributed by atoms with van der Waals surface area (Å²) in [5, 5.41) is 12.7. The molecule has 0 saturated carbocycles. The second-order valence-electron chi connectivity index (χ2n) is 3.45. The van der Waals surface area contributed by atoms with Gasteiger partial charge in [-0.05, 0) is 17.9 Å². The fourth-order valence-electron chi connectivity index (χ4n) is 1.51. The van der Waals surface area contributed by atoms with Crippen LogP contribution in [0.1, 0.15) is 30.7 Å². The first kappa shape index (κ1) is 10.9. The number of anilines is 2. The van der Waals surface area contributed by atoms with Gasteiger partial charge in [-0.15, -0.1) is 11.3 Å². The van der Waals surface area contributed by atoms with Gasteiger partial charge in [0.15, 0.2) is 0 Å². The molecule has 0 amide bonds. The minimum absolute atomic E-state index is 0.0870. The summed E-state index contributed by atoms with van der Waals surface area (Å²) < 4.78 is 5.11. The van der Waals surface area contributed by atoms with Crippen molar-refractivity contribution in [1.82, 2.24) is 10.2 Å². The van der Waals surface area contributed by atoms with Crippen molar-refractivity contribution in [3.8, 4) is 0 Å². The van der Waals surface area contributed by atoms with E-state index in [-0.39, 0.29) is 12.1 Å². The lowest BCUT2D eigenvalue weighted by Crippen LogP contribution is -2.09. The van der Waals surface area contributed by atoms with Crippen molar-refractivity contribution in [1.29, 1.82) is 0 Å². The molecule has 1 unspecified atom stereocenters. The fraction of sp³-hybridized carbons (Fsp3) is 0.400. The van der Waals surface area contributed by atoms with E-state index in [1.54, 1.807) is 11.3 Å². The van der Waals surface area contributed by atoms with Crippen LogP contribution in [0.15, 0.2) is 21.9 Å². The van der Waals surface area contributed by atoms with Gasteiger partial charge in [0.1, 0.15) is 0 Å². The first-order chi connectivity index (χ1) is 7.79. The Morgan fingerprint density at radius 3 is 3.00 bits per heavy atom.